The molecule has 0 spiro atoms. The van der Waals surface area contributed by atoms with Crippen LogP contribution in [0.3, 0.4) is 0 Å². The first-order valence-electron chi connectivity index (χ1n) is 4.93. The topological polar surface area (TPSA) is 35.2 Å². The molecule has 2 N–H and O–H groups in total. The van der Waals surface area contributed by atoms with Crippen molar-refractivity contribution in [1.29, 1.82) is 0 Å². The van der Waals surface area contributed by atoms with Crippen LogP contribution in [-0.2, 0) is 0 Å². The molecule has 0 saturated heterocycles. The Morgan fingerprint density at radius 1 is 1.50 bits per heavy atom. The fourth-order valence-corrected chi connectivity index (χ4v) is 1.43. The second kappa shape index (κ2) is 5.75. The molecule has 16 heavy (non-hydrogen) atoms. The van der Waals surface area contributed by atoms with Crippen molar-refractivity contribution in [3.05, 3.63) is 29.8 Å². The molecule has 88 valence electrons. The fourth-order valence-electron chi connectivity index (χ4n) is 1.25. The van der Waals surface area contributed by atoms with Crippen molar-refractivity contribution in [2.75, 3.05) is 0 Å². The van der Waals surface area contributed by atoms with Gasteiger partial charge < -0.3 is 10.5 Å². The highest BCUT2D eigenvalue weighted by Crippen LogP contribution is 2.21. The van der Waals surface area contributed by atoms with Gasteiger partial charge in [0.2, 0.25) is 5.82 Å². The summed E-state index contributed by atoms with van der Waals surface area (Å²) in [5.74, 6) is -2.02. The molecule has 2 nitrogen and oxygen atoms in total. The van der Waals surface area contributed by atoms with Crippen LogP contribution in [0.25, 0.3) is 0 Å². The minimum Gasteiger partial charge on any atom is -0.487 e. The molecule has 0 saturated carbocycles. The molecule has 0 bridgehead atoms. The molecule has 1 unspecified atom stereocenters. The van der Waals surface area contributed by atoms with Gasteiger partial charge in [-0.2, -0.15) is 4.39 Å². The van der Waals surface area contributed by atoms with E-state index in [0.717, 1.165) is 6.07 Å². The predicted molar refractivity (Wildman–Crippen MR) is 62.5 cm³/mol. The molecule has 5 heteroatoms. The zero-order valence-electron chi connectivity index (χ0n) is 8.87. The minimum absolute atomic E-state index is 0.108. The molecule has 1 aromatic rings. The Labute approximate surface area is 98.4 Å². The molecule has 1 aromatic carbocycles. The van der Waals surface area contributed by atoms with Crippen LogP contribution in [0.5, 0.6) is 5.75 Å². The van der Waals surface area contributed by atoms with Crippen LogP contribution in [0.15, 0.2) is 18.2 Å². The maximum atomic E-state index is 13.3. The van der Waals surface area contributed by atoms with Crippen molar-refractivity contribution < 1.29 is 13.5 Å². The lowest BCUT2D eigenvalue weighted by Crippen LogP contribution is -2.23. The zero-order chi connectivity index (χ0) is 12.1. The molecule has 0 aromatic heterocycles. The van der Waals surface area contributed by atoms with Crippen molar-refractivity contribution in [3.63, 3.8) is 0 Å². The van der Waals surface area contributed by atoms with Gasteiger partial charge in [0, 0.05) is 6.42 Å². The number of rotatable bonds is 5. The van der Waals surface area contributed by atoms with Crippen LogP contribution in [0, 0.1) is 11.6 Å². The Morgan fingerprint density at radius 3 is 2.75 bits per heavy atom. The van der Waals surface area contributed by atoms with Gasteiger partial charge in [-0.25, -0.2) is 4.39 Å². The number of hydrogen-bond donors (Lipinski definition) is 1. The largest absolute Gasteiger partial charge is 0.487 e. The van der Waals surface area contributed by atoms with Gasteiger partial charge in [0.25, 0.3) is 0 Å². The van der Waals surface area contributed by atoms with Crippen molar-refractivity contribution in [2.24, 2.45) is 5.73 Å². The van der Waals surface area contributed by atoms with Crippen LogP contribution >= 0.6 is 12.2 Å². The molecule has 1 rings (SSSR count). The summed E-state index contributed by atoms with van der Waals surface area (Å²) in [4.78, 5) is 0.295. The molecule has 0 aliphatic carbocycles. The molecular formula is C11H13F2NOS. The monoisotopic (exact) mass is 245 g/mol. The van der Waals surface area contributed by atoms with E-state index in [1.165, 1.54) is 12.1 Å². The molecule has 0 fully saturated rings. The van der Waals surface area contributed by atoms with Crippen molar-refractivity contribution in [3.8, 4) is 5.75 Å². The third-order valence-corrected chi connectivity index (χ3v) is 2.26. The Bertz CT molecular complexity index is 384. The average Bonchev–Trinajstić information content (AvgIpc) is 2.23. The zero-order valence-corrected chi connectivity index (χ0v) is 9.69. The number of benzene rings is 1. The van der Waals surface area contributed by atoms with E-state index in [1.807, 2.05) is 6.92 Å². The van der Waals surface area contributed by atoms with Gasteiger partial charge in [0.15, 0.2) is 11.6 Å². The molecule has 1 atom stereocenters. The van der Waals surface area contributed by atoms with Gasteiger partial charge in [0.05, 0.1) is 4.99 Å². The number of halogens is 2. The highest BCUT2D eigenvalue weighted by atomic mass is 32.1. The lowest BCUT2D eigenvalue weighted by Gasteiger charge is -2.17. The molecule has 0 heterocycles. The van der Waals surface area contributed by atoms with Gasteiger partial charge >= 0.3 is 0 Å². The highest BCUT2D eigenvalue weighted by molar-refractivity contribution is 7.80. The van der Waals surface area contributed by atoms with Crippen LogP contribution in [0.4, 0.5) is 8.78 Å². The summed E-state index contributed by atoms with van der Waals surface area (Å²) in [6.45, 7) is 1.86. The van der Waals surface area contributed by atoms with E-state index in [1.54, 1.807) is 0 Å². The number of ether oxygens (including phenoxy) is 1. The maximum Gasteiger partial charge on any atom is 0.200 e. The standard InChI is InChI=1S/C11H13F2NOS/c1-2-7(6-10(14)16)15-9-5-3-4-8(12)11(9)13/h3-5,7H,2,6H2,1H3,(H2,14,16). The van der Waals surface area contributed by atoms with Crippen LogP contribution < -0.4 is 10.5 Å². The molecule has 0 amide bonds. The highest BCUT2D eigenvalue weighted by Gasteiger charge is 2.14. The lowest BCUT2D eigenvalue weighted by molar-refractivity contribution is 0.194. The van der Waals surface area contributed by atoms with E-state index < -0.39 is 11.6 Å². The van der Waals surface area contributed by atoms with Gasteiger partial charge in [-0.05, 0) is 18.6 Å². The SMILES string of the molecule is CCC(CC(N)=S)Oc1cccc(F)c1F. The summed E-state index contributed by atoms with van der Waals surface area (Å²) in [5.41, 5.74) is 5.37. The van der Waals surface area contributed by atoms with Crippen LogP contribution in [0.1, 0.15) is 19.8 Å². The van der Waals surface area contributed by atoms with Crippen molar-refractivity contribution in [1.82, 2.24) is 0 Å². The first-order valence-corrected chi connectivity index (χ1v) is 5.34. The number of hydrogen-bond acceptors (Lipinski definition) is 2. The second-order valence-electron chi connectivity index (χ2n) is 3.37. The van der Waals surface area contributed by atoms with Gasteiger partial charge in [-0.3, -0.25) is 0 Å². The smallest absolute Gasteiger partial charge is 0.200 e. The Hall–Kier alpha value is -1.23. The molecule has 0 aliphatic heterocycles. The van der Waals surface area contributed by atoms with E-state index in [4.69, 9.17) is 22.7 Å². The number of nitrogens with two attached hydrogens (primary N) is 1. The molecule has 0 aliphatic rings. The van der Waals surface area contributed by atoms with E-state index in [0.29, 0.717) is 17.8 Å². The summed E-state index contributed by atoms with van der Waals surface area (Å²) in [7, 11) is 0. The third kappa shape index (κ3) is 3.41. The lowest BCUT2D eigenvalue weighted by atomic mass is 10.2. The van der Waals surface area contributed by atoms with E-state index in [2.05, 4.69) is 0 Å². The predicted octanol–water partition coefficient (Wildman–Crippen LogP) is 2.80. The third-order valence-electron chi connectivity index (χ3n) is 2.09. The van der Waals surface area contributed by atoms with Crippen molar-refractivity contribution in [2.45, 2.75) is 25.9 Å². The van der Waals surface area contributed by atoms with Gasteiger partial charge in [0.1, 0.15) is 6.10 Å². The normalized spacial score (nSPS) is 12.2. The van der Waals surface area contributed by atoms with Crippen molar-refractivity contribution >= 4 is 17.2 Å². The van der Waals surface area contributed by atoms with Crippen LogP contribution in [-0.4, -0.2) is 11.1 Å². The number of thiocarbonyl (C=S) groups is 1. The van der Waals surface area contributed by atoms with E-state index >= 15 is 0 Å². The summed E-state index contributed by atoms with van der Waals surface area (Å²) >= 11 is 4.74. The summed E-state index contributed by atoms with van der Waals surface area (Å²) < 4.78 is 31.5. The maximum absolute atomic E-state index is 13.3. The Balaban J connectivity index is 2.77. The summed E-state index contributed by atoms with van der Waals surface area (Å²) in [5, 5.41) is 0. The first-order chi connectivity index (χ1) is 7.54. The average molecular weight is 245 g/mol. The Morgan fingerprint density at radius 2 is 2.19 bits per heavy atom. The summed E-state index contributed by atoms with van der Waals surface area (Å²) in [6.07, 6.45) is 0.642. The first kappa shape index (κ1) is 12.8. The van der Waals surface area contributed by atoms with E-state index in [-0.39, 0.29) is 11.9 Å². The molecule has 0 radical (unpaired) electrons. The summed E-state index contributed by atoms with van der Waals surface area (Å²) in [6, 6.07) is 3.80. The Kier molecular flexibility index (Phi) is 4.61. The van der Waals surface area contributed by atoms with Gasteiger partial charge in [-0.15, -0.1) is 0 Å². The molecular weight excluding hydrogens is 232 g/mol. The fraction of sp³-hybridized carbons (Fsp3) is 0.364. The van der Waals surface area contributed by atoms with Crippen LogP contribution in [0.2, 0.25) is 0 Å². The minimum atomic E-state index is -0.983. The van der Waals surface area contributed by atoms with Gasteiger partial charge in [-0.1, -0.05) is 25.2 Å². The quantitative estimate of drug-likeness (QED) is 0.810. The van der Waals surface area contributed by atoms with E-state index in [9.17, 15) is 8.78 Å². The second-order valence-corrected chi connectivity index (χ2v) is 3.89.